The predicted molar refractivity (Wildman–Crippen MR) is 128 cm³/mol. The standard InChI is InChI=1S/C29H37NO2/c31-25(18-30-28-7-3-5-23-4-1-2-6-27(23)28)19-32-26-10-8-24(9-11-26)29-15-20-12-21(16-29)14-22(13-20)17-29/h1-2,4,6,8-11,20-22,25,28,30-31H,3,5,7,12-19H2. The van der Waals surface area contributed by atoms with E-state index in [2.05, 4.69) is 53.8 Å². The zero-order valence-corrected chi connectivity index (χ0v) is 19.1. The van der Waals surface area contributed by atoms with Crippen molar-refractivity contribution in [3.63, 3.8) is 0 Å². The molecule has 0 aromatic heterocycles. The maximum atomic E-state index is 10.5. The summed E-state index contributed by atoms with van der Waals surface area (Å²) in [5, 5.41) is 14.1. The number of rotatable bonds is 7. The molecule has 2 atom stereocenters. The molecule has 0 spiro atoms. The van der Waals surface area contributed by atoms with Gasteiger partial charge in [-0.15, -0.1) is 0 Å². The number of nitrogens with one attached hydrogen (secondary N) is 1. The van der Waals surface area contributed by atoms with Crippen LogP contribution >= 0.6 is 0 Å². The molecule has 170 valence electrons. The lowest BCUT2D eigenvalue weighted by atomic mass is 9.48. The first-order chi connectivity index (χ1) is 15.7. The summed E-state index contributed by atoms with van der Waals surface area (Å²) in [5.74, 6) is 3.78. The van der Waals surface area contributed by atoms with Gasteiger partial charge in [0.1, 0.15) is 18.5 Å². The van der Waals surface area contributed by atoms with Gasteiger partial charge in [0.05, 0.1) is 0 Å². The molecule has 2 aromatic carbocycles. The first-order valence-electron chi connectivity index (χ1n) is 12.9. The van der Waals surface area contributed by atoms with Gasteiger partial charge in [0.15, 0.2) is 0 Å². The van der Waals surface area contributed by atoms with E-state index in [4.69, 9.17) is 4.74 Å². The molecule has 4 saturated carbocycles. The molecule has 4 fully saturated rings. The van der Waals surface area contributed by atoms with Crippen LogP contribution in [0.5, 0.6) is 5.75 Å². The monoisotopic (exact) mass is 431 g/mol. The van der Waals surface area contributed by atoms with E-state index in [1.54, 1.807) is 0 Å². The van der Waals surface area contributed by atoms with E-state index < -0.39 is 6.10 Å². The lowest BCUT2D eigenvalue weighted by Crippen LogP contribution is -2.48. The first kappa shape index (κ1) is 20.7. The highest BCUT2D eigenvalue weighted by Crippen LogP contribution is 2.60. The first-order valence-corrected chi connectivity index (χ1v) is 12.9. The zero-order chi connectivity index (χ0) is 21.5. The Morgan fingerprint density at radius 1 is 0.938 bits per heavy atom. The van der Waals surface area contributed by atoms with Crippen LogP contribution < -0.4 is 10.1 Å². The van der Waals surface area contributed by atoms with Crippen molar-refractivity contribution >= 4 is 0 Å². The molecule has 0 heterocycles. The van der Waals surface area contributed by atoms with Crippen LogP contribution in [0.3, 0.4) is 0 Å². The van der Waals surface area contributed by atoms with Crippen LogP contribution in [-0.2, 0) is 11.8 Å². The van der Waals surface area contributed by atoms with Crippen molar-refractivity contribution < 1.29 is 9.84 Å². The van der Waals surface area contributed by atoms with Crippen LogP contribution in [-0.4, -0.2) is 24.4 Å². The zero-order valence-electron chi connectivity index (χ0n) is 19.1. The van der Waals surface area contributed by atoms with Crippen LogP contribution in [0.4, 0.5) is 0 Å². The van der Waals surface area contributed by atoms with E-state index in [1.165, 1.54) is 68.1 Å². The van der Waals surface area contributed by atoms with Crippen LogP contribution in [0.15, 0.2) is 48.5 Å². The Hall–Kier alpha value is -1.84. The van der Waals surface area contributed by atoms with E-state index in [9.17, 15) is 5.11 Å². The normalized spacial score (nSPS) is 33.7. The number of hydrogen-bond acceptors (Lipinski definition) is 3. The smallest absolute Gasteiger partial charge is 0.119 e. The molecular weight excluding hydrogens is 394 g/mol. The van der Waals surface area contributed by atoms with Gasteiger partial charge in [-0.3, -0.25) is 0 Å². The van der Waals surface area contributed by atoms with Crippen LogP contribution in [0.25, 0.3) is 0 Å². The third-order valence-electron chi connectivity index (χ3n) is 8.92. The molecule has 5 aliphatic rings. The van der Waals surface area contributed by atoms with Gasteiger partial charge in [-0.2, -0.15) is 0 Å². The molecule has 0 saturated heterocycles. The van der Waals surface area contributed by atoms with E-state index in [0.29, 0.717) is 24.6 Å². The summed E-state index contributed by atoms with van der Waals surface area (Å²) in [6.07, 6.45) is 11.6. The molecule has 0 radical (unpaired) electrons. The van der Waals surface area contributed by atoms with Gasteiger partial charge in [-0.05, 0) is 110 Å². The second-order valence-electron chi connectivity index (χ2n) is 11.2. The molecule has 3 heteroatoms. The molecular formula is C29H37NO2. The maximum absolute atomic E-state index is 10.5. The van der Waals surface area contributed by atoms with Crippen molar-refractivity contribution in [2.75, 3.05) is 13.2 Å². The van der Waals surface area contributed by atoms with Crippen LogP contribution in [0, 0.1) is 17.8 Å². The van der Waals surface area contributed by atoms with Gasteiger partial charge in [-0.1, -0.05) is 36.4 Å². The van der Waals surface area contributed by atoms with Crippen molar-refractivity contribution in [1.82, 2.24) is 5.32 Å². The second-order valence-corrected chi connectivity index (χ2v) is 11.2. The van der Waals surface area contributed by atoms with E-state index in [-0.39, 0.29) is 0 Å². The molecule has 2 aromatic rings. The van der Waals surface area contributed by atoms with Crippen LogP contribution in [0.1, 0.15) is 74.1 Å². The Balaban J connectivity index is 1.02. The molecule has 5 aliphatic carbocycles. The Morgan fingerprint density at radius 2 is 1.62 bits per heavy atom. The summed E-state index contributed by atoms with van der Waals surface area (Å²) < 4.78 is 5.96. The number of hydrogen-bond donors (Lipinski definition) is 2. The number of aliphatic hydroxyl groups is 1. The minimum Gasteiger partial charge on any atom is -0.491 e. The van der Waals surface area contributed by atoms with Gasteiger partial charge in [-0.25, -0.2) is 0 Å². The highest BCUT2D eigenvalue weighted by Gasteiger charge is 2.51. The molecule has 2 N–H and O–H groups in total. The Morgan fingerprint density at radius 3 is 2.34 bits per heavy atom. The second kappa shape index (κ2) is 8.50. The van der Waals surface area contributed by atoms with E-state index in [0.717, 1.165) is 29.9 Å². The van der Waals surface area contributed by atoms with Crippen molar-refractivity contribution in [2.24, 2.45) is 17.8 Å². The summed E-state index contributed by atoms with van der Waals surface area (Å²) in [5.41, 5.74) is 4.81. The summed E-state index contributed by atoms with van der Waals surface area (Å²) in [6.45, 7) is 0.891. The van der Waals surface area contributed by atoms with Crippen molar-refractivity contribution in [3.8, 4) is 5.75 Å². The third-order valence-corrected chi connectivity index (χ3v) is 8.92. The highest BCUT2D eigenvalue weighted by atomic mass is 16.5. The topological polar surface area (TPSA) is 41.5 Å². The maximum Gasteiger partial charge on any atom is 0.119 e. The van der Waals surface area contributed by atoms with Gasteiger partial charge < -0.3 is 15.2 Å². The minimum atomic E-state index is -0.507. The number of ether oxygens (including phenoxy) is 1. The predicted octanol–water partition coefficient (Wildman–Crippen LogP) is 5.56. The minimum absolute atomic E-state index is 0.331. The quantitative estimate of drug-likeness (QED) is 0.603. The molecule has 32 heavy (non-hydrogen) atoms. The molecule has 7 rings (SSSR count). The fourth-order valence-electron chi connectivity index (χ4n) is 7.86. The molecule has 0 aliphatic heterocycles. The van der Waals surface area contributed by atoms with Crippen molar-refractivity contribution in [1.29, 1.82) is 0 Å². The number of fused-ring (bicyclic) bond motifs is 1. The summed E-state index contributed by atoms with van der Waals surface area (Å²) in [7, 11) is 0. The van der Waals surface area contributed by atoms with E-state index >= 15 is 0 Å². The Labute approximate surface area is 192 Å². The molecule has 3 nitrogen and oxygen atoms in total. The highest BCUT2D eigenvalue weighted by molar-refractivity contribution is 5.35. The third kappa shape index (κ3) is 3.99. The molecule has 4 bridgehead atoms. The van der Waals surface area contributed by atoms with Gasteiger partial charge in [0.2, 0.25) is 0 Å². The van der Waals surface area contributed by atoms with Crippen LogP contribution in [0.2, 0.25) is 0 Å². The SMILES string of the molecule is OC(CNC1CCCc2ccccc21)COc1ccc(C23CC4CC(CC(C4)C2)C3)cc1. The van der Waals surface area contributed by atoms with Gasteiger partial charge in [0.25, 0.3) is 0 Å². The lowest BCUT2D eigenvalue weighted by Gasteiger charge is -2.57. The van der Waals surface area contributed by atoms with Crippen molar-refractivity contribution in [3.05, 3.63) is 65.2 Å². The summed E-state index contributed by atoms with van der Waals surface area (Å²) in [4.78, 5) is 0. The number of aliphatic hydroxyl groups excluding tert-OH is 1. The fraction of sp³-hybridized carbons (Fsp3) is 0.586. The number of aryl methyl sites for hydroxylation is 1. The molecule has 0 amide bonds. The molecule has 2 unspecified atom stereocenters. The van der Waals surface area contributed by atoms with Crippen molar-refractivity contribution in [2.45, 2.75) is 75.3 Å². The average molecular weight is 432 g/mol. The van der Waals surface area contributed by atoms with Gasteiger partial charge in [0, 0.05) is 12.6 Å². The van der Waals surface area contributed by atoms with E-state index in [1.807, 2.05) is 0 Å². The summed E-state index contributed by atoms with van der Waals surface area (Å²) >= 11 is 0. The largest absolute Gasteiger partial charge is 0.491 e. The fourth-order valence-corrected chi connectivity index (χ4v) is 7.86. The lowest BCUT2D eigenvalue weighted by molar-refractivity contribution is -0.00521. The number of benzene rings is 2. The summed E-state index contributed by atoms with van der Waals surface area (Å²) in [6, 6.07) is 17.9. The Bertz CT molecular complexity index is 901. The average Bonchev–Trinajstić information content (AvgIpc) is 2.81. The van der Waals surface area contributed by atoms with Gasteiger partial charge >= 0.3 is 0 Å². The Kier molecular flexibility index (Phi) is 5.51.